The van der Waals surface area contributed by atoms with Gasteiger partial charge in [-0.2, -0.15) is 0 Å². The van der Waals surface area contributed by atoms with Crippen LogP contribution in [-0.2, 0) is 33.5 Å². The Morgan fingerprint density at radius 2 is 2.12 bits per heavy atom. The molecule has 3 aliphatic heterocycles. The van der Waals surface area contributed by atoms with Crippen molar-refractivity contribution in [2.45, 2.75) is 36.5 Å². The molecule has 0 bridgehead atoms. The van der Waals surface area contributed by atoms with Crippen LogP contribution < -0.4 is 11.1 Å². The van der Waals surface area contributed by atoms with E-state index in [2.05, 4.69) is 15.5 Å². The number of carboxylic acids is 1. The van der Waals surface area contributed by atoms with Crippen molar-refractivity contribution in [3.8, 4) is 0 Å². The molecule has 0 spiro atoms. The number of esters is 1. The summed E-state index contributed by atoms with van der Waals surface area (Å²) in [5.41, 5.74) is 5.88. The van der Waals surface area contributed by atoms with Gasteiger partial charge in [-0.25, -0.2) is 14.6 Å². The number of ether oxygens (including phenoxy) is 2. The number of rotatable bonds is 7. The van der Waals surface area contributed by atoms with Crippen molar-refractivity contribution in [3.63, 3.8) is 0 Å². The van der Waals surface area contributed by atoms with Gasteiger partial charge in [-0.3, -0.25) is 14.5 Å². The number of nitrogens with two attached hydrogens (primary N) is 1. The lowest BCUT2D eigenvalue weighted by molar-refractivity contribution is -0.153. The Morgan fingerprint density at radius 3 is 2.74 bits per heavy atom. The number of oxime groups is 1. The average molecular weight is 512 g/mol. The van der Waals surface area contributed by atoms with Crippen LogP contribution >= 0.6 is 23.1 Å². The molecule has 0 radical (unpaired) electrons. The Labute approximate surface area is 201 Å². The summed E-state index contributed by atoms with van der Waals surface area (Å²) in [6.07, 6.45) is -0.595. The number of fused-ring (bicyclic) bond motifs is 1. The lowest BCUT2D eigenvalue weighted by Gasteiger charge is -2.49. The molecule has 3 aliphatic rings. The lowest BCUT2D eigenvalue weighted by atomic mass is 9.99. The van der Waals surface area contributed by atoms with Crippen LogP contribution in [0, 0.1) is 0 Å². The molecule has 0 aliphatic carbocycles. The summed E-state index contributed by atoms with van der Waals surface area (Å²) < 4.78 is 10.4. The highest BCUT2D eigenvalue weighted by molar-refractivity contribution is 8.00. The number of thioether (sulfide) groups is 1. The van der Waals surface area contributed by atoms with Crippen LogP contribution in [0.4, 0.5) is 5.13 Å². The van der Waals surface area contributed by atoms with Crippen LogP contribution in [0.2, 0.25) is 0 Å². The minimum Gasteiger partial charge on any atom is -0.477 e. The standard InChI is InChI=1S/C19H21N5O8S2/c1-30-18(29)10-4-3-9(32-10)7-5-33-16-12(15(26)24(16)13(7)17(27)28)22-14(25)11(23-31-2)8-6-34-19(20)21-8/h6,9-10,12,16H,3-5H2,1-2H3,(H2,20,21)(H,22,25)(H,27,28)/b23-11-/t9?,10?,12-,16-/m1/s1. The minimum absolute atomic E-state index is 0.162. The Morgan fingerprint density at radius 1 is 1.35 bits per heavy atom. The summed E-state index contributed by atoms with van der Waals surface area (Å²) in [7, 11) is 2.51. The van der Waals surface area contributed by atoms with Gasteiger partial charge in [0, 0.05) is 11.1 Å². The summed E-state index contributed by atoms with van der Waals surface area (Å²) in [5.74, 6) is -2.86. The Balaban J connectivity index is 1.51. The number of thiazole rings is 1. The number of nitrogens with zero attached hydrogens (tertiary/aromatic N) is 3. The van der Waals surface area contributed by atoms with E-state index in [1.165, 1.54) is 31.4 Å². The fourth-order valence-electron chi connectivity index (χ4n) is 3.99. The highest BCUT2D eigenvalue weighted by atomic mass is 32.2. The number of aliphatic carboxylic acids is 1. The van der Waals surface area contributed by atoms with Crippen molar-refractivity contribution in [1.82, 2.24) is 15.2 Å². The van der Waals surface area contributed by atoms with E-state index >= 15 is 0 Å². The summed E-state index contributed by atoms with van der Waals surface area (Å²) in [6.45, 7) is 0. The first-order chi connectivity index (χ1) is 16.3. The summed E-state index contributed by atoms with van der Waals surface area (Å²) in [6, 6.07) is -0.973. The zero-order valence-corrected chi connectivity index (χ0v) is 19.7. The molecule has 2 saturated heterocycles. The van der Waals surface area contributed by atoms with Gasteiger partial charge in [0.2, 0.25) is 0 Å². The number of hydrogen-bond acceptors (Lipinski definition) is 12. The largest absolute Gasteiger partial charge is 0.477 e. The van der Waals surface area contributed by atoms with Gasteiger partial charge in [0.15, 0.2) is 16.9 Å². The molecule has 1 aromatic heterocycles. The topological polar surface area (TPSA) is 183 Å². The predicted octanol–water partition coefficient (Wildman–Crippen LogP) is -0.465. The van der Waals surface area contributed by atoms with Crippen molar-refractivity contribution in [2.24, 2.45) is 5.16 Å². The van der Waals surface area contributed by atoms with E-state index in [1.54, 1.807) is 0 Å². The molecule has 0 saturated carbocycles. The van der Waals surface area contributed by atoms with Crippen LogP contribution in [0.15, 0.2) is 21.8 Å². The highest BCUT2D eigenvalue weighted by Crippen LogP contribution is 2.43. The highest BCUT2D eigenvalue weighted by Gasteiger charge is 2.55. The van der Waals surface area contributed by atoms with Gasteiger partial charge in [0.25, 0.3) is 11.8 Å². The zero-order valence-electron chi connectivity index (χ0n) is 18.0. The van der Waals surface area contributed by atoms with Crippen molar-refractivity contribution in [2.75, 3.05) is 25.7 Å². The number of nitrogen functional groups attached to an aromatic ring is 1. The van der Waals surface area contributed by atoms with Crippen molar-refractivity contribution >= 4 is 57.7 Å². The minimum atomic E-state index is -1.29. The van der Waals surface area contributed by atoms with E-state index in [9.17, 15) is 24.3 Å². The molecule has 13 nitrogen and oxygen atoms in total. The average Bonchev–Trinajstić information content (AvgIpc) is 3.48. The van der Waals surface area contributed by atoms with Crippen LogP contribution in [-0.4, -0.2) is 88.1 Å². The third-order valence-corrected chi connectivity index (χ3v) is 7.50. The number of aromatic nitrogens is 1. The molecule has 0 aromatic carbocycles. The maximum Gasteiger partial charge on any atom is 0.352 e. The molecular weight excluding hydrogens is 490 g/mol. The molecular formula is C19H21N5O8S2. The molecule has 182 valence electrons. The van der Waals surface area contributed by atoms with Gasteiger partial charge in [-0.05, 0) is 18.4 Å². The van der Waals surface area contributed by atoms with Crippen LogP contribution in [0.3, 0.4) is 0 Å². The van der Waals surface area contributed by atoms with Gasteiger partial charge in [0.1, 0.15) is 29.9 Å². The van der Waals surface area contributed by atoms with Gasteiger partial charge < -0.3 is 30.5 Å². The zero-order chi connectivity index (χ0) is 24.6. The molecule has 4 atom stereocenters. The number of carboxylic acid groups (broad SMARTS) is 1. The van der Waals surface area contributed by atoms with Gasteiger partial charge >= 0.3 is 11.9 Å². The van der Waals surface area contributed by atoms with Crippen molar-refractivity contribution < 1.29 is 38.6 Å². The first kappa shape index (κ1) is 24.0. The van der Waals surface area contributed by atoms with E-state index in [4.69, 9.17) is 20.0 Å². The second-order valence-electron chi connectivity index (χ2n) is 7.45. The number of methoxy groups -OCH3 is 1. The number of hydrogen-bond donors (Lipinski definition) is 3. The summed E-state index contributed by atoms with van der Waals surface area (Å²) >= 11 is 2.40. The lowest BCUT2D eigenvalue weighted by Crippen LogP contribution is -2.71. The van der Waals surface area contributed by atoms with E-state index in [-0.39, 0.29) is 28.0 Å². The number of carbonyl (C=O) groups excluding carboxylic acids is 3. The van der Waals surface area contributed by atoms with E-state index in [0.717, 1.165) is 16.2 Å². The Kier molecular flexibility index (Phi) is 6.77. The SMILES string of the molecule is CO/N=C(\C(=O)N[C@@H]1C(=O)N2C(C(=O)O)=C(C3CCC(C(=O)OC)O3)CS[C@H]12)c1csc(N)n1. The summed E-state index contributed by atoms with van der Waals surface area (Å²) in [5, 5.41) is 17.3. The maximum atomic E-state index is 12.9. The second kappa shape index (κ2) is 9.60. The molecule has 2 unspecified atom stereocenters. The third kappa shape index (κ3) is 4.21. The fraction of sp³-hybridized carbons (Fsp3) is 0.474. The molecule has 1 aromatic rings. The first-order valence-corrected chi connectivity index (χ1v) is 12.0. The number of carbonyl (C=O) groups is 4. The molecule has 4 heterocycles. The van der Waals surface area contributed by atoms with Gasteiger partial charge in [-0.1, -0.05) is 5.16 Å². The third-order valence-electron chi connectivity index (χ3n) is 5.52. The smallest absolute Gasteiger partial charge is 0.352 e. The fourth-order valence-corrected chi connectivity index (χ4v) is 5.95. The number of β-lactam (4-membered cyclic amide) rings is 1. The summed E-state index contributed by atoms with van der Waals surface area (Å²) in [4.78, 5) is 59.5. The predicted molar refractivity (Wildman–Crippen MR) is 120 cm³/mol. The van der Waals surface area contributed by atoms with Crippen molar-refractivity contribution in [1.29, 1.82) is 0 Å². The molecule has 34 heavy (non-hydrogen) atoms. The molecule has 2 amide bonds. The monoisotopic (exact) mass is 511 g/mol. The molecule has 15 heteroatoms. The number of amides is 2. The number of anilines is 1. The van der Waals surface area contributed by atoms with Crippen molar-refractivity contribution in [3.05, 3.63) is 22.3 Å². The van der Waals surface area contributed by atoms with Crippen LogP contribution in [0.25, 0.3) is 0 Å². The Hall–Kier alpha value is -3.17. The quantitative estimate of drug-likeness (QED) is 0.186. The Bertz CT molecular complexity index is 1100. The van der Waals surface area contributed by atoms with Gasteiger partial charge in [-0.15, -0.1) is 23.1 Å². The van der Waals surface area contributed by atoms with E-state index in [1.807, 2.05) is 0 Å². The maximum absolute atomic E-state index is 12.9. The van der Waals surface area contributed by atoms with E-state index < -0.39 is 47.4 Å². The molecule has 4 rings (SSSR count). The normalized spacial score (nSPS) is 26.6. The van der Waals surface area contributed by atoms with Gasteiger partial charge in [0.05, 0.1) is 13.2 Å². The molecule has 2 fully saturated rings. The molecule has 4 N–H and O–H groups in total. The van der Waals surface area contributed by atoms with Crippen LogP contribution in [0.5, 0.6) is 0 Å². The van der Waals surface area contributed by atoms with E-state index in [0.29, 0.717) is 18.4 Å². The van der Waals surface area contributed by atoms with Crippen LogP contribution in [0.1, 0.15) is 18.5 Å². The second-order valence-corrected chi connectivity index (χ2v) is 9.44. The number of nitrogens with one attached hydrogen (secondary N) is 1. The first-order valence-electron chi connectivity index (χ1n) is 10.0.